The molecule has 0 aromatic heterocycles. The lowest BCUT2D eigenvalue weighted by molar-refractivity contribution is 0.317. The van der Waals surface area contributed by atoms with Gasteiger partial charge in [-0.2, -0.15) is 0 Å². The average Bonchev–Trinajstić information content (AvgIpc) is 2.21. The van der Waals surface area contributed by atoms with Crippen molar-refractivity contribution in [3.8, 4) is 0 Å². The zero-order chi connectivity index (χ0) is 11.4. The molecular formula is C9H11Cl2N3O. The maximum absolute atomic E-state index is 8.34. The number of rotatable bonds is 3. The second kappa shape index (κ2) is 5.09. The largest absolute Gasteiger partial charge is 0.409 e. The fraction of sp³-hybridized carbons (Fsp3) is 0.222. The highest BCUT2D eigenvalue weighted by Gasteiger charge is 2.04. The Balaban J connectivity index is 2.82. The molecule has 0 aliphatic carbocycles. The van der Waals surface area contributed by atoms with E-state index in [1.807, 2.05) is 6.92 Å². The number of hydrogen-bond acceptors (Lipinski definition) is 3. The van der Waals surface area contributed by atoms with Gasteiger partial charge in [0.1, 0.15) is 0 Å². The molecule has 0 saturated heterocycles. The fourth-order valence-corrected chi connectivity index (χ4v) is 1.45. The van der Waals surface area contributed by atoms with Gasteiger partial charge >= 0.3 is 0 Å². The smallest absolute Gasteiger partial charge is 0.158 e. The molecular weight excluding hydrogens is 237 g/mol. The number of halogens is 2. The normalized spacial score (nSPS) is 11.5. The molecule has 1 rings (SSSR count). The van der Waals surface area contributed by atoms with E-state index in [2.05, 4.69) is 10.5 Å². The summed E-state index contributed by atoms with van der Waals surface area (Å²) in [6.07, 6.45) is 0. The minimum atomic E-state index is 0.0720. The van der Waals surface area contributed by atoms with Crippen molar-refractivity contribution in [2.24, 2.45) is 10.9 Å². The van der Waals surface area contributed by atoms with Crippen molar-refractivity contribution in [3.63, 3.8) is 0 Å². The highest BCUT2D eigenvalue weighted by atomic mass is 35.5. The number of anilines is 1. The second-order valence-electron chi connectivity index (χ2n) is 3.03. The number of oxime groups is 1. The molecule has 4 nitrogen and oxygen atoms in total. The number of nitrogens with two attached hydrogens (primary N) is 1. The van der Waals surface area contributed by atoms with Crippen LogP contribution in [0.4, 0.5) is 5.69 Å². The summed E-state index contributed by atoms with van der Waals surface area (Å²) in [6, 6.07) is 3.45. The first-order valence-electron chi connectivity index (χ1n) is 4.20. The Labute approximate surface area is 97.7 Å². The Hall–Kier alpha value is -1.13. The van der Waals surface area contributed by atoms with Crippen LogP contribution in [-0.4, -0.2) is 17.6 Å². The van der Waals surface area contributed by atoms with E-state index in [9.17, 15) is 0 Å². The first kappa shape index (κ1) is 11.9. The van der Waals surface area contributed by atoms with E-state index in [1.54, 1.807) is 12.1 Å². The van der Waals surface area contributed by atoms with Gasteiger partial charge in [-0.05, 0) is 24.6 Å². The molecule has 1 aromatic carbocycles. The minimum Gasteiger partial charge on any atom is -0.409 e. The topological polar surface area (TPSA) is 70.6 Å². The van der Waals surface area contributed by atoms with Gasteiger partial charge in [0.05, 0.1) is 17.3 Å². The molecule has 82 valence electrons. The van der Waals surface area contributed by atoms with Crippen LogP contribution < -0.4 is 11.1 Å². The third kappa shape index (κ3) is 3.18. The molecule has 0 heterocycles. The van der Waals surface area contributed by atoms with Gasteiger partial charge in [0, 0.05) is 5.02 Å². The van der Waals surface area contributed by atoms with Gasteiger partial charge in [-0.3, -0.25) is 0 Å². The van der Waals surface area contributed by atoms with E-state index >= 15 is 0 Å². The van der Waals surface area contributed by atoms with E-state index in [0.717, 1.165) is 5.56 Å². The van der Waals surface area contributed by atoms with E-state index in [1.165, 1.54) is 0 Å². The molecule has 0 aliphatic heterocycles. The monoisotopic (exact) mass is 247 g/mol. The molecule has 6 heteroatoms. The van der Waals surface area contributed by atoms with E-state index in [0.29, 0.717) is 15.7 Å². The number of nitrogens with one attached hydrogen (secondary N) is 1. The molecule has 0 bridgehead atoms. The van der Waals surface area contributed by atoms with Crippen molar-refractivity contribution in [1.82, 2.24) is 0 Å². The minimum absolute atomic E-state index is 0.0720. The predicted octanol–water partition coefficient (Wildman–Crippen LogP) is 2.46. The van der Waals surface area contributed by atoms with Gasteiger partial charge in [-0.15, -0.1) is 0 Å². The van der Waals surface area contributed by atoms with Crippen LogP contribution in [0.15, 0.2) is 17.3 Å². The van der Waals surface area contributed by atoms with Crippen molar-refractivity contribution in [1.29, 1.82) is 0 Å². The molecule has 0 saturated carbocycles. The van der Waals surface area contributed by atoms with Crippen molar-refractivity contribution < 1.29 is 5.21 Å². The lowest BCUT2D eigenvalue weighted by atomic mass is 10.2. The highest BCUT2D eigenvalue weighted by Crippen LogP contribution is 2.28. The van der Waals surface area contributed by atoms with Gasteiger partial charge in [-0.1, -0.05) is 28.4 Å². The summed E-state index contributed by atoms with van der Waals surface area (Å²) >= 11 is 11.9. The molecule has 15 heavy (non-hydrogen) atoms. The average molecular weight is 248 g/mol. The zero-order valence-corrected chi connectivity index (χ0v) is 9.60. The number of amidine groups is 1. The van der Waals surface area contributed by atoms with Crippen LogP contribution >= 0.6 is 23.2 Å². The molecule has 0 spiro atoms. The quantitative estimate of drug-likeness (QED) is 0.333. The van der Waals surface area contributed by atoms with Crippen LogP contribution in [0.3, 0.4) is 0 Å². The first-order chi connectivity index (χ1) is 7.04. The number of aryl methyl sites for hydroxylation is 1. The second-order valence-corrected chi connectivity index (χ2v) is 3.84. The van der Waals surface area contributed by atoms with E-state index < -0.39 is 0 Å². The summed E-state index contributed by atoms with van der Waals surface area (Å²) in [5.74, 6) is 0.0720. The van der Waals surface area contributed by atoms with Gasteiger partial charge in [0.15, 0.2) is 5.84 Å². The zero-order valence-electron chi connectivity index (χ0n) is 8.09. The van der Waals surface area contributed by atoms with Crippen molar-refractivity contribution in [3.05, 3.63) is 27.7 Å². The lowest BCUT2D eigenvalue weighted by Gasteiger charge is -2.09. The summed E-state index contributed by atoms with van der Waals surface area (Å²) in [4.78, 5) is 0. The van der Waals surface area contributed by atoms with Crippen LogP contribution in [0.2, 0.25) is 10.0 Å². The van der Waals surface area contributed by atoms with E-state index in [-0.39, 0.29) is 12.4 Å². The Morgan fingerprint density at radius 3 is 2.73 bits per heavy atom. The number of benzene rings is 1. The Morgan fingerprint density at radius 2 is 2.13 bits per heavy atom. The van der Waals surface area contributed by atoms with E-state index in [4.69, 9.17) is 34.1 Å². The van der Waals surface area contributed by atoms with Crippen LogP contribution in [0.1, 0.15) is 5.56 Å². The van der Waals surface area contributed by atoms with Crippen molar-refractivity contribution >= 4 is 34.7 Å². The van der Waals surface area contributed by atoms with Crippen LogP contribution in [0.5, 0.6) is 0 Å². The van der Waals surface area contributed by atoms with Crippen LogP contribution in [0, 0.1) is 6.92 Å². The molecule has 0 atom stereocenters. The van der Waals surface area contributed by atoms with Crippen molar-refractivity contribution in [2.45, 2.75) is 6.92 Å². The summed E-state index contributed by atoms with van der Waals surface area (Å²) in [6.45, 7) is 2.07. The Bertz CT molecular complexity index is 393. The SMILES string of the molecule is Cc1cc(Cl)c(NC/C(N)=N/O)cc1Cl. The summed E-state index contributed by atoms with van der Waals surface area (Å²) < 4.78 is 0. The molecule has 0 aliphatic rings. The van der Waals surface area contributed by atoms with Gasteiger partial charge in [0.2, 0.25) is 0 Å². The fourth-order valence-electron chi connectivity index (χ4n) is 1.00. The molecule has 0 radical (unpaired) electrons. The summed E-state index contributed by atoms with van der Waals surface area (Å²) in [5.41, 5.74) is 6.85. The third-order valence-corrected chi connectivity index (χ3v) is 2.56. The van der Waals surface area contributed by atoms with Gasteiger partial charge in [0.25, 0.3) is 0 Å². The first-order valence-corrected chi connectivity index (χ1v) is 4.96. The summed E-state index contributed by atoms with van der Waals surface area (Å²) in [7, 11) is 0. The molecule has 0 unspecified atom stereocenters. The predicted molar refractivity (Wildman–Crippen MR) is 63.1 cm³/mol. The number of nitrogens with zero attached hydrogens (tertiary/aromatic N) is 1. The Kier molecular flexibility index (Phi) is 4.05. The molecule has 0 fully saturated rings. The maximum Gasteiger partial charge on any atom is 0.158 e. The lowest BCUT2D eigenvalue weighted by Crippen LogP contribution is -2.22. The van der Waals surface area contributed by atoms with Crippen LogP contribution in [-0.2, 0) is 0 Å². The standard InChI is InChI=1S/C9H11Cl2N3O/c1-5-2-7(11)8(3-6(5)10)13-4-9(12)14-15/h2-3,13,15H,4H2,1H3,(H2,12,14). The third-order valence-electron chi connectivity index (χ3n) is 1.84. The highest BCUT2D eigenvalue weighted by molar-refractivity contribution is 6.35. The van der Waals surface area contributed by atoms with Crippen molar-refractivity contribution in [2.75, 3.05) is 11.9 Å². The number of hydrogen-bond donors (Lipinski definition) is 3. The summed E-state index contributed by atoms with van der Waals surface area (Å²) in [5, 5.41) is 15.2. The molecule has 0 amide bonds. The Morgan fingerprint density at radius 1 is 1.47 bits per heavy atom. The van der Waals surface area contributed by atoms with Gasteiger partial charge < -0.3 is 16.3 Å². The molecule has 1 aromatic rings. The molecule has 4 N–H and O–H groups in total. The van der Waals surface area contributed by atoms with Gasteiger partial charge in [-0.25, -0.2) is 0 Å². The van der Waals surface area contributed by atoms with Crippen LogP contribution in [0.25, 0.3) is 0 Å². The maximum atomic E-state index is 8.34.